The molecule has 1 rings (SSSR count). The van der Waals surface area contributed by atoms with Crippen LogP contribution in [0, 0.1) is 13.8 Å². The van der Waals surface area contributed by atoms with Gasteiger partial charge < -0.3 is 10.4 Å². The second kappa shape index (κ2) is 7.44. The molecule has 0 spiro atoms. The highest BCUT2D eigenvalue weighted by atomic mass is 32.2. The van der Waals surface area contributed by atoms with Gasteiger partial charge in [-0.25, -0.2) is 0 Å². The number of likely N-dealkylation sites (N-methyl/N-ethyl adjacent to an activating group) is 1. The first-order valence-corrected chi connectivity index (χ1v) is 7.19. The van der Waals surface area contributed by atoms with Crippen molar-refractivity contribution in [1.82, 2.24) is 5.32 Å². The van der Waals surface area contributed by atoms with Crippen LogP contribution in [0.25, 0.3) is 0 Å². The van der Waals surface area contributed by atoms with Crippen LogP contribution in [0.5, 0.6) is 0 Å². The van der Waals surface area contributed by atoms with Crippen molar-refractivity contribution in [3.05, 3.63) is 29.3 Å². The van der Waals surface area contributed by atoms with Crippen molar-refractivity contribution in [1.29, 1.82) is 0 Å². The van der Waals surface area contributed by atoms with Gasteiger partial charge in [0.05, 0.1) is 0 Å². The van der Waals surface area contributed by atoms with E-state index in [0.717, 1.165) is 5.75 Å². The molecule has 18 heavy (non-hydrogen) atoms. The number of thioether (sulfide) groups is 1. The first-order valence-electron chi connectivity index (χ1n) is 6.20. The Labute approximate surface area is 113 Å². The monoisotopic (exact) mass is 267 g/mol. The molecule has 0 bridgehead atoms. The molecular formula is C14H21NO2S. The SMILES string of the molecule is CCNC(CCSc1cc(C)ccc1C)C(=O)O. The lowest BCUT2D eigenvalue weighted by Gasteiger charge is -2.13. The molecule has 0 saturated heterocycles. The predicted molar refractivity (Wildman–Crippen MR) is 76.4 cm³/mol. The first kappa shape index (κ1) is 15.1. The van der Waals surface area contributed by atoms with E-state index in [2.05, 4.69) is 37.4 Å². The van der Waals surface area contributed by atoms with E-state index in [9.17, 15) is 4.79 Å². The first-order chi connectivity index (χ1) is 8.54. The van der Waals surface area contributed by atoms with E-state index >= 15 is 0 Å². The summed E-state index contributed by atoms with van der Waals surface area (Å²) in [6.07, 6.45) is 0.640. The smallest absolute Gasteiger partial charge is 0.320 e. The molecule has 100 valence electrons. The van der Waals surface area contributed by atoms with Gasteiger partial charge in [-0.3, -0.25) is 4.79 Å². The lowest BCUT2D eigenvalue weighted by molar-refractivity contribution is -0.139. The Hall–Kier alpha value is -1.00. The molecule has 0 fully saturated rings. The van der Waals surface area contributed by atoms with Crippen molar-refractivity contribution in [2.24, 2.45) is 0 Å². The average Bonchev–Trinajstić information content (AvgIpc) is 2.32. The molecule has 0 amide bonds. The zero-order valence-corrected chi connectivity index (χ0v) is 12.0. The van der Waals surface area contributed by atoms with E-state index in [1.165, 1.54) is 16.0 Å². The molecule has 1 aromatic carbocycles. The third-order valence-electron chi connectivity index (χ3n) is 2.76. The number of hydrogen-bond acceptors (Lipinski definition) is 3. The van der Waals surface area contributed by atoms with Crippen LogP contribution in [0.3, 0.4) is 0 Å². The Morgan fingerprint density at radius 2 is 2.17 bits per heavy atom. The molecule has 3 nitrogen and oxygen atoms in total. The molecule has 0 heterocycles. The highest BCUT2D eigenvalue weighted by Crippen LogP contribution is 2.24. The van der Waals surface area contributed by atoms with Gasteiger partial charge in [0.2, 0.25) is 0 Å². The number of aryl methyl sites for hydroxylation is 2. The van der Waals surface area contributed by atoms with Gasteiger partial charge in [-0.2, -0.15) is 0 Å². The van der Waals surface area contributed by atoms with Gasteiger partial charge in [0.15, 0.2) is 0 Å². The number of hydrogen-bond donors (Lipinski definition) is 2. The second-order valence-electron chi connectivity index (χ2n) is 4.35. The summed E-state index contributed by atoms with van der Waals surface area (Å²) < 4.78 is 0. The topological polar surface area (TPSA) is 49.3 Å². The van der Waals surface area contributed by atoms with Gasteiger partial charge in [0, 0.05) is 10.6 Å². The van der Waals surface area contributed by atoms with Crippen molar-refractivity contribution in [3.63, 3.8) is 0 Å². The van der Waals surface area contributed by atoms with Crippen molar-refractivity contribution >= 4 is 17.7 Å². The minimum Gasteiger partial charge on any atom is -0.480 e. The number of aliphatic carboxylic acids is 1. The van der Waals surface area contributed by atoms with Crippen LogP contribution < -0.4 is 5.32 Å². The van der Waals surface area contributed by atoms with Gasteiger partial charge in [0.1, 0.15) is 6.04 Å². The van der Waals surface area contributed by atoms with E-state index in [1.54, 1.807) is 11.8 Å². The summed E-state index contributed by atoms with van der Waals surface area (Å²) >= 11 is 1.73. The van der Waals surface area contributed by atoms with Crippen LogP contribution >= 0.6 is 11.8 Å². The Morgan fingerprint density at radius 3 is 2.78 bits per heavy atom. The zero-order valence-electron chi connectivity index (χ0n) is 11.2. The fourth-order valence-electron chi connectivity index (χ4n) is 1.71. The van der Waals surface area contributed by atoms with Crippen molar-refractivity contribution in [2.45, 2.75) is 38.1 Å². The highest BCUT2D eigenvalue weighted by Gasteiger charge is 2.15. The fourth-order valence-corrected chi connectivity index (χ4v) is 2.85. The van der Waals surface area contributed by atoms with Crippen LogP contribution in [0.15, 0.2) is 23.1 Å². The van der Waals surface area contributed by atoms with E-state index in [4.69, 9.17) is 5.11 Å². The number of rotatable bonds is 7. The van der Waals surface area contributed by atoms with Crippen molar-refractivity contribution in [3.8, 4) is 0 Å². The average molecular weight is 267 g/mol. The molecule has 1 unspecified atom stereocenters. The molecule has 1 atom stereocenters. The largest absolute Gasteiger partial charge is 0.480 e. The second-order valence-corrected chi connectivity index (χ2v) is 5.49. The quantitative estimate of drug-likeness (QED) is 0.746. The summed E-state index contributed by atoms with van der Waals surface area (Å²) in [7, 11) is 0. The van der Waals surface area contributed by atoms with Gasteiger partial charge >= 0.3 is 5.97 Å². The maximum Gasteiger partial charge on any atom is 0.320 e. The summed E-state index contributed by atoms with van der Waals surface area (Å²) in [5.74, 6) is 0.0484. The minimum absolute atomic E-state index is 0.437. The molecule has 0 aliphatic heterocycles. The minimum atomic E-state index is -0.765. The molecule has 0 aromatic heterocycles. The summed E-state index contributed by atoms with van der Waals surface area (Å²) in [5, 5.41) is 12.0. The van der Waals surface area contributed by atoms with Gasteiger partial charge in [-0.05, 0) is 38.4 Å². The van der Waals surface area contributed by atoms with Crippen LogP contribution in [0.4, 0.5) is 0 Å². The predicted octanol–water partition coefficient (Wildman–Crippen LogP) is 2.85. The highest BCUT2D eigenvalue weighted by molar-refractivity contribution is 7.99. The number of benzene rings is 1. The Balaban J connectivity index is 2.49. The molecule has 0 radical (unpaired) electrons. The number of nitrogens with one attached hydrogen (secondary N) is 1. The number of carboxylic acids is 1. The van der Waals surface area contributed by atoms with Crippen LogP contribution in [-0.2, 0) is 4.79 Å². The maximum absolute atomic E-state index is 11.0. The maximum atomic E-state index is 11.0. The number of carbonyl (C=O) groups is 1. The summed E-state index contributed by atoms with van der Waals surface area (Å²) in [6.45, 7) is 6.77. The lowest BCUT2D eigenvalue weighted by atomic mass is 10.2. The fraction of sp³-hybridized carbons (Fsp3) is 0.500. The Kier molecular flexibility index (Phi) is 6.22. The van der Waals surface area contributed by atoms with E-state index in [1.807, 2.05) is 6.92 Å². The van der Waals surface area contributed by atoms with Gasteiger partial charge in [0.25, 0.3) is 0 Å². The molecule has 2 N–H and O–H groups in total. The standard InChI is InChI=1S/C14H21NO2S/c1-4-15-12(14(16)17)7-8-18-13-9-10(2)5-6-11(13)3/h5-6,9,12,15H,4,7-8H2,1-3H3,(H,16,17). The lowest BCUT2D eigenvalue weighted by Crippen LogP contribution is -2.36. The molecule has 4 heteroatoms. The van der Waals surface area contributed by atoms with E-state index < -0.39 is 12.0 Å². The third kappa shape index (κ3) is 4.70. The molecule has 0 aliphatic rings. The van der Waals surface area contributed by atoms with Crippen LogP contribution in [0.1, 0.15) is 24.5 Å². The van der Waals surface area contributed by atoms with Crippen LogP contribution in [-0.4, -0.2) is 29.4 Å². The Morgan fingerprint density at radius 1 is 1.44 bits per heavy atom. The third-order valence-corrected chi connectivity index (χ3v) is 3.95. The van der Waals surface area contributed by atoms with Gasteiger partial charge in [-0.1, -0.05) is 24.6 Å². The Bertz CT molecular complexity index is 407. The summed E-state index contributed by atoms with van der Waals surface area (Å²) in [6, 6.07) is 5.92. The zero-order chi connectivity index (χ0) is 13.5. The molecular weight excluding hydrogens is 246 g/mol. The summed E-state index contributed by atoms with van der Waals surface area (Å²) in [5.41, 5.74) is 2.49. The van der Waals surface area contributed by atoms with Gasteiger partial charge in [-0.15, -0.1) is 11.8 Å². The summed E-state index contributed by atoms with van der Waals surface area (Å²) in [4.78, 5) is 12.2. The number of carboxylic acid groups (broad SMARTS) is 1. The van der Waals surface area contributed by atoms with E-state index in [0.29, 0.717) is 13.0 Å². The van der Waals surface area contributed by atoms with Crippen LogP contribution in [0.2, 0.25) is 0 Å². The normalized spacial score (nSPS) is 12.4. The molecule has 1 aromatic rings. The molecule has 0 saturated carbocycles. The van der Waals surface area contributed by atoms with Crippen molar-refractivity contribution < 1.29 is 9.90 Å². The van der Waals surface area contributed by atoms with E-state index in [-0.39, 0.29) is 0 Å². The van der Waals surface area contributed by atoms with Crippen molar-refractivity contribution in [2.75, 3.05) is 12.3 Å². The molecule has 0 aliphatic carbocycles.